The molecule has 1 heteroatoms. The Bertz CT molecular complexity index is 2580. The lowest BCUT2D eigenvalue weighted by Crippen LogP contribution is -2.04. The Morgan fingerprint density at radius 3 is 1.82 bits per heavy atom. The fraction of sp³-hybridized carbons (Fsp3) is 0.0612. The predicted octanol–water partition coefficient (Wildman–Crippen LogP) is 13.0. The van der Waals surface area contributed by atoms with Crippen LogP contribution < -0.4 is 0 Å². The third kappa shape index (κ3) is 5.47. The molecule has 1 aromatic heterocycles. The molecule has 50 heavy (non-hydrogen) atoms. The van der Waals surface area contributed by atoms with Gasteiger partial charge < -0.3 is 4.57 Å². The zero-order chi connectivity index (χ0) is 33.3. The number of hydrogen-bond donors (Lipinski definition) is 0. The van der Waals surface area contributed by atoms with Crippen molar-refractivity contribution >= 4 is 32.6 Å². The molecular weight excluding hydrogens is 603 g/mol. The van der Waals surface area contributed by atoms with Crippen molar-refractivity contribution < 1.29 is 0 Å². The van der Waals surface area contributed by atoms with Crippen LogP contribution in [0.25, 0.3) is 60.5 Å². The van der Waals surface area contributed by atoms with Gasteiger partial charge in [-0.3, -0.25) is 0 Å². The summed E-state index contributed by atoms with van der Waals surface area (Å²) in [5.74, 6) is 0.298. The van der Waals surface area contributed by atoms with E-state index in [1.165, 1.54) is 77.2 Å². The van der Waals surface area contributed by atoms with Gasteiger partial charge in [-0.05, 0) is 99.0 Å². The van der Waals surface area contributed by atoms with Crippen LogP contribution in [-0.4, -0.2) is 4.57 Å². The number of nitrogens with zero attached hydrogens (tertiary/aromatic N) is 1. The van der Waals surface area contributed by atoms with E-state index in [-0.39, 0.29) is 0 Å². The number of rotatable bonds is 8. The van der Waals surface area contributed by atoms with E-state index in [9.17, 15) is 0 Å². The summed E-state index contributed by atoms with van der Waals surface area (Å²) in [5, 5.41) is 5.16. The van der Waals surface area contributed by atoms with Crippen LogP contribution in [0.3, 0.4) is 0 Å². The van der Waals surface area contributed by atoms with Crippen molar-refractivity contribution in [2.24, 2.45) is 0 Å². The van der Waals surface area contributed by atoms with Crippen molar-refractivity contribution in [2.75, 3.05) is 0 Å². The van der Waals surface area contributed by atoms with Crippen LogP contribution in [0.4, 0.5) is 0 Å². The molecule has 0 fully saturated rings. The van der Waals surface area contributed by atoms with Gasteiger partial charge in [0.1, 0.15) is 0 Å². The molecule has 0 saturated carbocycles. The highest BCUT2D eigenvalue weighted by atomic mass is 15.0. The molecule has 1 heterocycles. The molecule has 0 radical (unpaired) electrons. The lowest BCUT2D eigenvalue weighted by molar-refractivity contribution is 0.720. The highest BCUT2D eigenvalue weighted by Crippen LogP contribution is 2.40. The largest absolute Gasteiger partial charge is 0.309 e. The van der Waals surface area contributed by atoms with E-state index < -0.39 is 0 Å². The number of benzene rings is 8. The van der Waals surface area contributed by atoms with Crippen LogP contribution in [0.2, 0.25) is 0 Å². The Morgan fingerprint density at radius 1 is 0.400 bits per heavy atom. The molecule has 9 rings (SSSR count). The first-order chi connectivity index (χ1) is 24.8. The molecule has 9 aromatic rings. The molecule has 0 saturated heterocycles. The summed E-state index contributed by atoms with van der Waals surface area (Å²) in [4.78, 5) is 0. The first-order valence-corrected chi connectivity index (χ1v) is 17.6. The average molecular weight is 640 g/mol. The van der Waals surface area contributed by atoms with Gasteiger partial charge in [0.25, 0.3) is 0 Å². The van der Waals surface area contributed by atoms with Gasteiger partial charge in [0.2, 0.25) is 0 Å². The maximum Gasteiger partial charge on any atom is 0.0541 e. The maximum atomic E-state index is 2.39. The summed E-state index contributed by atoms with van der Waals surface area (Å²) < 4.78 is 2.38. The number of aromatic nitrogens is 1. The Morgan fingerprint density at radius 2 is 1.02 bits per heavy atom. The van der Waals surface area contributed by atoms with E-state index >= 15 is 0 Å². The number of aryl methyl sites for hydroxylation is 1. The van der Waals surface area contributed by atoms with Gasteiger partial charge in [0, 0.05) is 22.4 Å². The van der Waals surface area contributed by atoms with Crippen LogP contribution in [-0.2, 0) is 6.42 Å². The fourth-order valence-corrected chi connectivity index (χ4v) is 7.89. The van der Waals surface area contributed by atoms with E-state index in [2.05, 4.69) is 199 Å². The van der Waals surface area contributed by atoms with E-state index in [4.69, 9.17) is 0 Å². The molecule has 1 unspecified atom stereocenters. The van der Waals surface area contributed by atoms with Crippen LogP contribution in [0, 0.1) is 0 Å². The zero-order valence-corrected chi connectivity index (χ0v) is 27.9. The first-order valence-electron chi connectivity index (χ1n) is 17.6. The quantitative estimate of drug-likeness (QED) is 0.156. The van der Waals surface area contributed by atoms with Crippen molar-refractivity contribution in [3.05, 3.63) is 211 Å². The van der Waals surface area contributed by atoms with Crippen molar-refractivity contribution in [1.82, 2.24) is 4.57 Å². The van der Waals surface area contributed by atoms with Gasteiger partial charge in [0.05, 0.1) is 11.0 Å². The van der Waals surface area contributed by atoms with Crippen molar-refractivity contribution in [3.63, 3.8) is 0 Å². The minimum Gasteiger partial charge on any atom is -0.309 e. The standard InChI is InChI=1S/C49H37N/c1-4-15-35(16-5-1)27-29-41(36-17-6-2-7-18-36)45-31-30-42(43-23-10-11-24-44(43)45)39-20-14-19-37(33-39)38-28-32-49-47(34-38)46-25-12-13-26-48(46)50(49)40-21-8-3-9-22-40/h1-26,28,30-34,41H,27,29H2. The second-order valence-corrected chi connectivity index (χ2v) is 13.2. The van der Waals surface area contributed by atoms with E-state index in [1.54, 1.807) is 0 Å². The molecule has 0 amide bonds. The van der Waals surface area contributed by atoms with Crippen molar-refractivity contribution in [1.29, 1.82) is 0 Å². The maximum absolute atomic E-state index is 2.39. The Hall–Kier alpha value is -6.18. The third-order valence-corrected chi connectivity index (χ3v) is 10.3. The summed E-state index contributed by atoms with van der Waals surface area (Å²) in [5.41, 5.74) is 12.7. The molecular formula is C49H37N. The average Bonchev–Trinajstić information content (AvgIpc) is 3.53. The number of para-hydroxylation sites is 2. The van der Waals surface area contributed by atoms with Crippen LogP contribution >= 0.6 is 0 Å². The van der Waals surface area contributed by atoms with Crippen LogP contribution in [0.1, 0.15) is 29.0 Å². The van der Waals surface area contributed by atoms with Gasteiger partial charge in [-0.15, -0.1) is 0 Å². The van der Waals surface area contributed by atoms with Crippen molar-refractivity contribution in [3.8, 4) is 27.9 Å². The summed E-state index contributed by atoms with van der Waals surface area (Å²) in [6, 6.07) is 71.0. The van der Waals surface area contributed by atoms with Gasteiger partial charge in [-0.2, -0.15) is 0 Å². The number of fused-ring (bicyclic) bond motifs is 4. The fourth-order valence-electron chi connectivity index (χ4n) is 7.89. The second-order valence-electron chi connectivity index (χ2n) is 13.2. The molecule has 238 valence electrons. The van der Waals surface area contributed by atoms with Crippen LogP contribution in [0.5, 0.6) is 0 Å². The Balaban J connectivity index is 1.13. The monoisotopic (exact) mass is 639 g/mol. The van der Waals surface area contributed by atoms with Gasteiger partial charge in [-0.1, -0.05) is 158 Å². The SMILES string of the molecule is c1ccc(CCC(c2ccccc2)c2ccc(-c3cccc(-c4ccc5c(c4)c4ccccc4n5-c4ccccc4)c3)c3ccccc23)cc1. The van der Waals surface area contributed by atoms with Crippen LogP contribution in [0.15, 0.2) is 194 Å². The molecule has 0 aliphatic heterocycles. The highest BCUT2D eigenvalue weighted by Gasteiger charge is 2.19. The third-order valence-electron chi connectivity index (χ3n) is 10.3. The molecule has 0 spiro atoms. The van der Waals surface area contributed by atoms with E-state index in [0.717, 1.165) is 12.8 Å². The molecule has 0 N–H and O–H groups in total. The van der Waals surface area contributed by atoms with Gasteiger partial charge in [0.15, 0.2) is 0 Å². The second kappa shape index (κ2) is 13.0. The van der Waals surface area contributed by atoms with E-state index in [1.807, 2.05) is 0 Å². The zero-order valence-electron chi connectivity index (χ0n) is 27.9. The molecule has 8 aromatic carbocycles. The normalized spacial score (nSPS) is 12.1. The minimum absolute atomic E-state index is 0.298. The van der Waals surface area contributed by atoms with E-state index in [0.29, 0.717) is 5.92 Å². The Labute approximate surface area is 293 Å². The lowest BCUT2D eigenvalue weighted by Gasteiger charge is -2.22. The first kappa shape index (κ1) is 29.9. The molecule has 1 atom stereocenters. The highest BCUT2D eigenvalue weighted by molar-refractivity contribution is 6.10. The lowest BCUT2D eigenvalue weighted by atomic mass is 9.82. The Kier molecular flexibility index (Phi) is 7.80. The minimum atomic E-state index is 0.298. The topological polar surface area (TPSA) is 4.93 Å². The molecule has 0 aliphatic rings. The molecule has 0 aliphatic carbocycles. The summed E-state index contributed by atoms with van der Waals surface area (Å²) in [6.45, 7) is 0. The smallest absolute Gasteiger partial charge is 0.0541 e. The van der Waals surface area contributed by atoms with Gasteiger partial charge >= 0.3 is 0 Å². The summed E-state index contributed by atoms with van der Waals surface area (Å²) in [7, 11) is 0. The van der Waals surface area contributed by atoms with Gasteiger partial charge in [-0.25, -0.2) is 0 Å². The summed E-state index contributed by atoms with van der Waals surface area (Å²) >= 11 is 0. The predicted molar refractivity (Wildman–Crippen MR) is 212 cm³/mol. The molecule has 1 nitrogen and oxygen atoms in total. The van der Waals surface area contributed by atoms with Crippen molar-refractivity contribution in [2.45, 2.75) is 18.8 Å². The molecule has 0 bridgehead atoms. The number of hydrogen-bond acceptors (Lipinski definition) is 0. The summed E-state index contributed by atoms with van der Waals surface area (Å²) in [6.07, 6.45) is 2.09.